The predicted molar refractivity (Wildman–Crippen MR) is 83.8 cm³/mol. The number of nitrogens with zero attached hydrogens (tertiary/aromatic N) is 1. The summed E-state index contributed by atoms with van der Waals surface area (Å²) in [7, 11) is 0. The molecule has 1 aromatic heterocycles. The van der Waals surface area contributed by atoms with E-state index in [1.165, 1.54) is 16.2 Å². The molecule has 0 atom stereocenters. The average Bonchev–Trinajstić information content (AvgIpc) is 3.01. The van der Waals surface area contributed by atoms with E-state index in [9.17, 15) is 4.79 Å². The second kappa shape index (κ2) is 6.90. The lowest BCUT2D eigenvalue weighted by atomic mass is 10.1. The van der Waals surface area contributed by atoms with Gasteiger partial charge in [0.25, 0.3) is 5.91 Å². The number of oxime groups is 1. The monoisotopic (exact) mass is 303 g/mol. The molecule has 4 N–H and O–H groups in total. The Balaban J connectivity index is 2.01. The van der Waals surface area contributed by atoms with Gasteiger partial charge in [0.1, 0.15) is 0 Å². The van der Waals surface area contributed by atoms with Crippen LogP contribution in [-0.2, 0) is 13.0 Å². The lowest BCUT2D eigenvalue weighted by Crippen LogP contribution is -2.22. The molecular weight excluding hydrogens is 286 g/mol. The van der Waals surface area contributed by atoms with E-state index in [0.29, 0.717) is 17.0 Å². The van der Waals surface area contributed by atoms with E-state index in [1.807, 2.05) is 18.2 Å². The van der Waals surface area contributed by atoms with Crippen molar-refractivity contribution in [2.75, 3.05) is 0 Å². The SMILES string of the molecule is CCc1ccc(C(=O)NCc2cccc(C(N)=NO)c2)s1. The van der Waals surface area contributed by atoms with Crippen LogP contribution in [0.25, 0.3) is 0 Å². The van der Waals surface area contributed by atoms with Gasteiger partial charge in [0.05, 0.1) is 4.88 Å². The van der Waals surface area contributed by atoms with Gasteiger partial charge in [-0.25, -0.2) is 0 Å². The van der Waals surface area contributed by atoms with Gasteiger partial charge in [-0.15, -0.1) is 11.3 Å². The van der Waals surface area contributed by atoms with Crippen molar-refractivity contribution >= 4 is 23.1 Å². The standard InChI is InChI=1S/C15H17N3O2S/c1-2-12-6-7-13(21-12)15(19)17-9-10-4-3-5-11(8-10)14(16)18-20/h3-8,20H,2,9H2,1H3,(H2,16,18)(H,17,19). The first kappa shape index (κ1) is 15.1. The molecule has 110 valence electrons. The van der Waals surface area contributed by atoms with Gasteiger partial charge in [0.15, 0.2) is 5.84 Å². The van der Waals surface area contributed by atoms with Crippen LogP contribution >= 0.6 is 11.3 Å². The second-order valence-corrected chi connectivity index (χ2v) is 5.66. The zero-order valence-electron chi connectivity index (χ0n) is 11.7. The Morgan fingerprint density at radius 3 is 2.86 bits per heavy atom. The maximum atomic E-state index is 12.0. The Labute approximate surface area is 127 Å². The van der Waals surface area contributed by atoms with Crippen LogP contribution in [0, 0.1) is 0 Å². The minimum Gasteiger partial charge on any atom is -0.409 e. The van der Waals surface area contributed by atoms with E-state index < -0.39 is 0 Å². The summed E-state index contributed by atoms with van der Waals surface area (Å²) in [6.45, 7) is 2.46. The minimum atomic E-state index is -0.0890. The molecule has 0 unspecified atom stereocenters. The molecule has 2 rings (SSSR count). The lowest BCUT2D eigenvalue weighted by Gasteiger charge is -2.06. The summed E-state index contributed by atoms with van der Waals surface area (Å²) in [5, 5.41) is 14.5. The summed E-state index contributed by atoms with van der Waals surface area (Å²) in [5.41, 5.74) is 7.05. The van der Waals surface area contributed by atoms with Gasteiger partial charge in [0.2, 0.25) is 0 Å². The summed E-state index contributed by atoms with van der Waals surface area (Å²) in [4.78, 5) is 13.9. The summed E-state index contributed by atoms with van der Waals surface area (Å²) in [6.07, 6.45) is 0.930. The third-order valence-electron chi connectivity index (χ3n) is 3.02. The number of hydrogen-bond donors (Lipinski definition) is 3. The van der Waals surface area contributed by atoms with Crippen molar-refractivity contribution in [2.24, 2.45) is 10.9 Å². The molecule has 0 radical (unpaired) electrons. The molecule has 0 aliphatic carbocycles. The van der Waals surface area contributed by atoms with E-state index in [4.69, 9.17) is 10.9 Å². The molecule has 6 heteroatoms. The number of thiophene rings is 1. The fourth-order valence-electron chi connectivity index (χ4n) is 1.86. The number of carbonyl (C=O) groups is 1. The first-order valence-electron chi connectivity index (χ1n) is 6.57. The highest BCUT2D eigenvalue weighted by Gasteiger charge is 2.08. The first-order chi connectivity index (χ1) is 10.1. The Hall–Kier alpha value is -2.34. The van der Waals surface area contributed by atoms with Crippen molar-refractivity contribution in [1.29, 1.82) is 0 Å². The highest BCUT2D eigenvalue weighted by molar-refractivity contribution is 7.14. The van der Waals surface area contributed by atoms with Crippen molar-refractivity contribution in [3.8, 4) is 0 Å². The third kappa shape index (κ3) is 3.82. The normalized spacial score (nSPS) is 11.4. The highest BCUT2D eigenvalue weighted by Crippen LogP contribution is 2.16. The molecule has 0 aliphatic rings. The Bertz CT molecular complexity index is 664. The first-order valence-corrected chi connectivity index (χ1v) is 7.39. The number of hydrogen-bond acceptors (Lipinski definition) is 4. The van der Waals surface area contributed by atoms with Crippen LogP contribution in [0.15, 0.2) is 41.6 Å². The number of aryl methyl sites for hydroxylation is 1. The molecule has 2 aromatic rings. The fourth-order valence-corrected chi connectivity index (χ4v) is 2.72. The Morgan fingerprint density at radius 2 is 2.19 bits per heavy atom. The summed E-state index contributed by atoms with van der Waals surface area (Å²) >= 11 is 1.50. The largest absolute Gasteiger partial charge is 0.409 e. The molecule has 1 aromatic carbocycles. The fraction of sp³-hybridized carbons (Fsp3) is 0.200. The van der Waals surface area contributed by atoms with Gasteiger partial charge in [-0.2, -0.15) is 0 Å². The van der Waals surface area contributed by atoms with Crippen LogP contribution in [0.5, 0.6) is 0 Å². The predicted octanol–water partition coefficient (Wildman–Crippen LogP) is 2.33. The summed E-state index contributed by atoms with van der Waals surface area (Å²) in [6, 6.07) is 11.0. The number of nitrogens with two attached hydrogens (primary N) is 1. The summed E-state index contributed by atoms with van der Waals surface area (Å²) < 4.78 is 0. The van der Waals surface area contributed by atoms with Crippen LogP contribution in [0.1, 0.15) is 32.6 Å². The van der Waals surface area contributed by atoms with E-state index in [-0.39, 0.29) is 11.7 Å². The van der Waals surface area contributed by atoms with Crippen LogP contribution < -0.4 is 11.1 Å². The molecular formula is C15H17N3O2S. The maximum absolute atomic E-state index is 12.0. The number of amidine groups is 1. The molecule has 1 amide bonds. The second-order valence-electron chi connectivity index (χ2n) is 4.49. The van der Waals surface area contributed by atoms with Crippen LogP contribution in [-0.4, -0.2) is 17.0 Å². The van der Waals surface area contributed by atoms with E-state index in [0.717, 1.165) is 12.0 Å². The zero-order chi connectivity index (χ0) is 15.2. The minimum absolute atomic E-state index is 0.0500. The molecule has 5 nitrogen and oxygen atoms in total. The van der Waals surface area contributed by atoms with Crippen LogP contribution in [0.4, 0.5) is 0 Å². The van der Waals surface area contributed by atoms with Gasteiger partial charge < -0.3 is 16.3 Å². The molecule has 1 heterocycles. The Kier molecular flexibility index (Phi) is 4.94. The average molecular weight is 303 g/mol. The molecule has 0 saturated carbocycles. The van der Waals surface area contributed by atoms with Crippen LogP contribution in [0.3, 0.4) is 0 Å². The molecule has 0 bridgehead atoms. The molecule has 0 aliphatic heterocycles. The van der Waals surface area contributed by atoms with E-state index in [1.54, 1.807) is 18.2 Å². The quantitative estimate of drug-likeness (QED) is 0.343. The topological polar surface area (TPSA) is 87.7 Å². The van der Waals surface area contributed by atoms with Gasteiger partial charge >= 0.3 is 0 Å². The van der Waals surface area contributed by atoms with Gasteiger partial charge in [0, 0.05) is 17.0 Å². The molecule has 0 saturated heterocycles. The van der Waals surface area contributed by atoms with Crippen molar-refractivity contribution in [3.05, 3.63) is 57.3 Å². The number of amides is 1. The molecule has 21 heavy (non-hydrogen) atoms. The van der Waals surface area contributed by atoms with Gasteiger partial charge in [-0.3, -0.25) is 4.79 Å². The lowest BCUT2D eigenvalue weighted by molar-refractivity contribution is 0.0955. The molecule has 0 spiro atoms. The third-order valence-corrected chi connectivity index (χ3v) is 4.25. The Morgan fingerprint density at radius 1 is 1.38 bits per heavy atom. The smallest absolute Gasteiger partial charge is 0.261 e. The summed E-state index contributed by atoms with van der Waals surface area (Å²) in [5.74, 6) is -0.0390. The van der Waals surface area contributed by atoms with Crippen molar-refractivity contribution < 1.29 is 10.0 Å². The molecule has 0 fully saturated rings. The van der Waals surface area contributed by atoms with Crippen molar-refractivity contribution in [3.63, 3.8) is 0 Å². The number of nitrogens with one attached hydrogen (secondary N) is 1. The van der Waals surface area contributed by atoms with Crippen molar-refractivity contribution in [2.45, 2.75) is 19.9 Å². The van der Waals surface area contributed by atoms with Crippen molar-refractivity contribution in [1.82, 2.24) is 5.32 Å². The maximum Gasteiger partial charge on any atom is 0.261 e. The number of carbonyl (C=O) groups excluding carboxylic acids is 1. The van der Waals surface area contributed by atoms with E-state index >= 15 is 0 Å². The van der Waals surface area contributed by atoms with Crippen LogP contribution in [0.2, 0.25) is 0 Å². The number of benzene rings is 1. The zero-order valence-corrected chi connectivity index (χ0v) is 12.5. The van der Waals surface area contributed by atoms with Gasteiger partial charge in [-0.05, 0) is 30.2 Å². The highest BCUT2D eigenvalue weighted by atomic mass is 32.1. The van der Waals surface area contributed by atoms with E-state index in [2.05, 4.69) is 17.4 Å². The number of rotatable bonds is 5. The van der Waals surface area contributed by atoms with Gasteiger partial charge in [-0.1, -0.05) is 30.3 Å².